The zero-order valence-corrected chi connectivity index (χ0v) is 16.9. The molecule has 0 saturated carbocycles. The molecule has 2 amide bonds. The Bertz CT molecular complexity index is 974. The first kappa shape index (κ1) is 18.8. The second kappa shape index (κ2) is 7.86. The first-order valence-electron chi connectivity index (χ1n) is 8.92. The number of nitrogens with one attached hydrogen (secondary N) is 1. The summed E-state index contributed by atoms with van der Waals surface area (Å²) in [5.41, 5.74) is 7.36. The molecule has 1 saturated heterocycles. The zero-order valence-electron chi connectivity index (χ0n) is 15.3. The summed E-state index contributed by atoms with van der Waals surface area (Å²) in [6.45, 7) is 4.80. The Labute approximate surface area is 169 Å². The number of nitrogens with zero attached hydrogens (tertiary/aromatic N) is 4. The predicted octanol–water partition coefficient (Wildman–Crippen LogP) is 2.20. The van der Waals surface area contributed by atoms with E-state index in [0.29, 0.717) is 43.0 Å². The number of aromatic nitrogens is 2. The largest absolute Gasteiger partial charge is 0.450 e. The SMILES string of the molecule is CCOC(=O)N1CCN(CC(=O)Nc2nc3cc4nc(N)sc4cc3s2)CC1. The van der Waals surface area contributed by atoms with Crippen molar-refractivity contribution < 1.29 is 14.3 Å². The number of nitrogens with two attached hydrogens (primary N) is 1. The molecule has 0 aliphatic carbocycles. The summed E-state index contributed by atoms with van der Waals surface area (Å²) >= 11 is 2.86. The van der Waals surface area contributed by atoms with Crippen molar-refractivity contribution in [2.75, 3.05) is 50.4 Å². The highest BCUT2D eigenvalue weighted by atomic mass is 32.1. The first-order chi connectivity index (χ1) is 13.5. The van der Waals surface area contributed by atoms with Crippen LogP contribution in [0.2, 0.25) is 0 Å². The van der Waals surface area contributed by atoms with Crippen LogP contribution in [0.25, 0.3) is 20.4 Å². The average Bonchev–Trinajstić information content (AvgIpc) is 3.20. The maximum atomic E-state index is 12.4. The van der Waals surface area contributed by atoms with Gasteiger partial charge in [0.05, 0.1) is 33.6 Å². The van der Waals surface area contributed by atoms with Crippen molar-refractivity contribution in [3.8, 4) is 0 Å². The van der Waals surface area contributed by atoms with Crippen LogP contribution >= 0.6 is 22.7 Å². The van der Waals surface area contributed by atoms with Gasteiger partial charge in [0.1, 0.15) is 0 Å². The number of carbonyl (C=O) groups excluding carboxylic acids is 2. The highest BCUT2D eigenvalue weighted by Crippen LogP contribution is 2.33. The van der Waals surface area contributed by atoms with Crippen molar-refractivity contribution >= 4 is 65.4 Å². The molecule has 1 fully saturated rings. The lowest BCUT2D eigenvalue weighted by Crippen LogP contribution is -2.50. The van der Waals surface area contributed by atoms with Crippen LogP contribution in [0, 0.1) is 0 Å². The standard InChI is InChI=1S/C17H20N6O3S2/c1-2-26-17(25)23-5-3-22(4-6-23)9-14(24)21-16-20-11-7-10-12(8-13(11)28-16)27-15(18)19-10/h7-8H,2-6,9H2,1H3,(H2,18,19)(H,20,21,24). The third-order valence-electron chi connectivity index (χ3n) is 4.43. The number of hydrogen-bond acceptors (Lipinski definition) is 9. The third-order valence-corrected chi connectivity index (χ3v) is 6.21. The molecule has 2 aromatic heterocycles. The number of carbonyl (C=O) groups is 2. The Hall–Kier alpha value is -2.50. The Kier molecular flexibility index (Phi) is 5.29. The second-order valence-corrected chi connectivity index (χ2v) is 8.46. The third kappa shape index (κ3) is 4.01. The van der Waals surface area contributed by atoms with E-state index in [9.17, 15) is 9.59 Å². The zero-order chi connectivity index (χ0) is 19.7. The molecule has 28 heavy (non-hydrogen) atoms. The van der Waals surface area contributed by atoms with Crippen molar-refractivity contribution in [3.63, 3.8) is 0 Å². The predicted molar refractivity (Wildman–Crippen MR) is 111 cm³/mol. The maximum absolute atomic E-state index is 12.4. The van der Waals surface area contributed by atoms with Gasteiger partial charge in [-0.1, -0.05) is 22.7 Å². The lowest BCUT2D eigenvalue weighted by atomic mass is 10.3. The summed E-state index contributed by atoms with van der Waals surface area (Å²) in [6, 6.07) is 3.89. The molecular weight excluding hydrogens is 400 g/mol. The van der Waals surface area contributed by atoms with Crippen molar-refractivity contribution in [3.05, 3.63) is 12.1 Å². The minimum Gasteiger partial charge on any atom is -0.450 e. The molecule has 11 heteroatoms. The molecule has 1 aliphatic heterocycles. The fraction of sp³-hybridized carbons (Fsp3) is 0.412. The number of ether oxygens (including phenoxy) is 1. The van der Waals surface area contributed by atoms with Crippen LogP contribution in [-0.2, 0) is 9.53 Å². The molecule has 1 aliphatic rings. The smallest absolute Gasteiger partial charge is 0.409 e. The number of benzene rings is 1. The van der Waals surface area contributed by atoms with Gasteiger partial charge in [0.25, 0.3) is 0 Å². The molecule has 0 unspecified atom stereocenters. The van der Waals surface area contributed by atoms with Gasteiger partial charge >= 0.3 is 6.09 Å². The molecule has 4 rings (SSSR count). The van der Waals surface area contributed by atoms with Gasteiger partial charge in [-0.2, -0.15) is 0 Å². The molecule has 0 bridgehead atoms. The number of thiazole rings is 2. The number of piperazine rings is 1. The van der Waals surface area contributed by atoms with Crippen LogP contribution < -0.4 is 11.1 Å². The fourth-order valence-electron chi connectivity index (χ4n) is 3.09. The monoisotopic (exact) mass is 420 g/mol. The molecular formula is C17H20N6O3S2. The molecule has 148 valence electrons. The normalized spacial score (nSPS) is 15.2. The van der Waals surface area contributed by atoms with Crippen molar-refractivity contribution in [1.29, 1.82) is 0 Å². The maximum Gasteiger partial charge on any atom is 0.409 e. The van der Waals surface area contributed by atoms with Crippen LogP contribution in [0.1, 0.15) is 6.92 Å². The summed E-state index contributed by atoms with van der Waals surface area (Å²) in [5, 5.41) is 3.97. The number of amides is 2. The van der Waals surface area contributed by atoms with Gasteiger partial charge in [0.2, 0.25) is 5.91 Å². The fourth-order valence-corrected chi connectivity index (χ4v) is 4.82. The highest BCUT2D eigenvalue weighted by molar-refractivity contribution is 7.24. The van der Waals surface area contributed by atoms with Crippen LogP contribution in [0.4, 0.5) is 15.1 Å². The van der Waals surface area contributed by atoms with Gasteiger partial charge in [-0.05, 0) is 19.1 Å². The van der Waals surface area contributed by atoms with Gasteiger partial charge in [-0.15, -0.1) is 0 Å². The number of hydrogen-bond donors (Lipinski definition) is 2. The second-order valence-electron chi connectivity index (χ2n) is 6.37. The minimum absolute atomic E-state index is 0.118. The van der Waals surface area contributed by atoms with Crippen molar-refractivity contribution in [2.24, 2.45) is 0 Å². The van der Waals surface area contributed by atoms with E-state index in [1.807, 2.05) is 17.0 Å². The molecule has 0 spiro atoms. The summed E-state index contributed by atoms with van der Waals surface area (Å²) in [7, 11) is 0. The number of anilines is 2. The lowest BCUT2D eigenvalue weighted by molar-refractivity contribution is -0.117. The molecule has 1 aromatic carbocycles. The van der Waals surface area contributed by atoms with E-state index < -0.39 is 0 Å². The molecule has 0 radical (unpaired) electrons. The van der Waals surface area contributed by atoms with E-state index >= 15 is 0 Å². The Morgan fingerprint density at radius 2 is 1.86 bits per heavy atom. The molecule has 0 atom stereocenters. The van der Waals surface area contributed by atoms with E-state index in [-0.39, 0.29) is 18.5 Å². The van der Waals surface area contributed by atoms with E-state index in [1.165, 1.54) is 22.7 Å². The topological polar surface area (TPSA) is 114 Å². The minimum atomic E-state index is -0.294. The van der Waals surface area contributed by atoms with E-state index in [0.717, 1.165) is 20.4 Å². The van der Waals surface area contributed by atoms with Crippen LogP contribution in [0.15, 0.2) is 12.1 Å². The quantitative estimate of drug-likeness (QED) is 0.665. The van der Waals surface area contributed by atoms with E-state index in [4.69, 9.17) is 10.5 Å². The lowest BCUT2D eigenvalue weighted by Gasteiger charge is -2.33. The number of nitrogen functional groups attached to an aromatic ring is 1. The van der Waals surface area contributed by atoms with Crippen LogP contribution in [-0.4, -0.2) is 71.1 Å². The summed E-state index contributed by atoms with van der Waals surface area (Å²) in [5.74, 6) is -0.118. The number of rotatable bonds is 4. The molecule has 3 N–H and O–H groups in total. The first-order valence-corrected chi connectivity index (χ1v) is 10.6. The van der Waals surface area contributed by atoms with Crippen LogP contribution in [0.3, 0.4) is 0 Å². The Balaban J connectivity index is 1.34. The summed E-state index contributed by atoms with van der Waals surface area (Å²) in [4.78, 5) is 36.5. The molecule has 3 heterocycles. The average molecular weight is 421 g/mol. The highest BCUT2D eigenvalue weighted by Gasteiger charge is 2.23. The molecule has 3 aromatic rings. The van der Waals surface area contributed by atoms with E-state index in [1.54, 1.807) is 11.8 Å². The van der Waals surface area contributed by atoms with Gasteiger partial charge in [-0.3, -0.25) is 9.69 Å². The number of fused-ring (bicyclic) bond motifs is 2. The Morgan fingerprint density at radius 3 is 2.61 bits per heavy atom. The van der Waals surface area contributed by atoms with Gasteiger partial charge < -0.3 is 20.7 Å². The summed E-state index contributed by atoms with van der Waals surface area (Å²) < 4.78 is 6.99. The van der Waals surface area contributed by atoms with Crippen molar-refractivity contribution in [2.45, 2.75) is 6.92 Å². The van der Waals surface area contributed by atoms with Gasteiger partial charge in [-0.25, -0.2) is 14.8 Å². The van der Waals surface area contributed by atoms with Crippen molar-refractivity contribution in [1.82, 2.24) is 19.8 Å². The van der Waals surface area contributed by atoms with Gasteiger partial charge in [0.15, 0.2) is 10.3 Å². The summed E-state index contributed by atoms with van der Waals surface area (Å²) in [6.07, 6.45) is -0.294. The van der Waals surface area contributed by atoms with Crippen LogP contribution in [0.5, 0.6) is 0 Å². The van der Waals surface area contributed by atoms with Gasteiger partial charge in [0, 0.05) is 26.2 Å². The van der Waals surface area contributed by atoms with E-state index in [2.05, 4.69) is 15.3 Å². The molecule has 9 nitrogen and oxygen atoms in total. The Morgan fingerprint density at radius 1 is 1.14 bits per heavy atom.